The standard InChI is InChI=1S/C17H18O/c1-12(2)14-7-9-15(10-8-14)17(18)16-6-4-5-13(3)11-16/h4-12H,1-3H3. The molecule has 0 atom stereocenters. The molecule has 0 aromatic heterocycles. The number of hydrogen-bond donors (Lipinski definition) is 0. The van der Waals surface area contributed by atoms with E-state index >= 15 is 0 Å². The minimum atomic E-state index is 0.0917. The van der Waals surface area contributed by atoms with E-state index in [0.29, 0.717) is 5.92 Å². The van der Waals surface area contributed by atoms with Crippen LogP contribution in [-0.2, 0) is 0 Å². The molecule has 92 valence electrons. The first-order chi connectivity index (χ1) is 8.58. The third kappa shape index (κ3) is 2.67. The molecule has 0 saturated carbocycles. The lowest BCUT2D eigenvalue weighted by Gasteiger charge is -2.07. The van der Waals surface area contributed by atoms with Crippen molar-refractivity contribution in [2.45, 2.75) is 26.7 Å². The van der Waals surface area contributed by atoms with E-state index in [4.69, 9.17) is 0 Å². The highest BCUT2D eigenvalue weighted by atomic mass is 16.1. The van der Waals surface area contributed by atoms with E-state index in [-0.39, 0.29) is 5.78 Å². The van der Waals surface area contributed by atoms with Crippen LogP contribution in [0.2, 0.25) is 0 Å². The lowest BCUT2D eigenvalue weighted by molar-refractivity contribution is 0.103. The van der Waals surface area contributed by atoms with Gasteiger partial charge in [-0.15, -0.1) is 0 Å². The molecule has 0 radical (unpaired) electrons. The van der Waals surface area contributed by atoms with E-state index in [1.54, 1.807) is 0 Å². The smallest absolute Gasteiger partial charge is 0.193 e. The minimum absolute atomic E-state index is 0.0917. The molecule has 0 saturated heterocycles. The van der Waals surface area contributed by atoms with Crippen LogP contribution in [0.1, 0.15) is 46.8 Å². The van der Waals surface area contributed by atoms with Gasteiger partial charge in [0.1, 0.15) is 0 Å². The fourth-order valence-electron chi connectivity index (χ4n) is 1.97. The molecule has 18 heavy (non-hydrogen) atoms. The lowest BCUT2D eigenvalue weighted by atomic mass is 9.97. The molecule has 0 aliphatic carbocycles. The van der Waals surface area contributed by atoms with Crippen LogP contribution < -0.4 is 0 Å². The number of carbonyl (C=O) groups excluding carboxylic acids is 1. The van der Waals surface area contributed by atoms with Gasteiger partial charge in [0.25, 0.3) is 0 Å². The van der Waals surface area contributed by atoms with Gasteiger partial charge in [0.2, 0.25) is 0 Å². The number of rotatable bonds is 3. The number of ketones is 1. The molecule has 0 aliphatic heterocycles. The van der Waals surface area contributed by atoms with E-state index in [2.05, 4.69) is 13.8 Å². The molecule has 2 aromatic carbocycles. The van der Waals surface area contributed by atoms with Crippen molar-refractivity contribution in [3.8, 4) is 0 Å². The average molecular weight is 238 g/mol. The second-order valence-electron chi connectivity index (χ2n) is 4.98. The fourth-order valence-corrected chi connectivity index (χ4v) is 1.97. The molecule has 1 nitrogen and oxygen atoms in total. The number of benzene rings is 2. The normalized spacial score (nSPS) is 10.7. The first-order valence-electron chi connectivity index (χ1n) is 6.29. The van der Waals surface area contributed by atoms with Crippen LogP contribution >= 0.6 is 0 Å². The summed E-state index contributed by atoms with van der Waals surface area (Å²) in [5.74, 6) is 0.585. The van der Waals surface area contributed by atoms with E-state index in [9.17, 15) is 4.79 Å². The van der Waals surface area contributed by atoms with E-state index in [1.807, 2.05) is 55.5 Å². The maximum absolute atomic E-state index is 12.3. The Hall–Kier alpha value is -1.89. The molecular formula is C17H18O. The molecule has 2 rings (SSSR count). The third-order valence-electron chi connectivity index (χ3n) is 3.12. The Balaban J connectivity index is 2.29. The second kappa shape index (κ2) is 5.18. The maximum atomic E-state index is 12.3. The van der Waals surface area contributed by atoms with Crippen molar-refractivity contribution < 1.29 is 4.79 Å². The van der Waals surface area contributed by atoms with Gasteiger partial charge in [-0.1, -0.05) is 61.9 Å². The van der Waals surface area contributed by atoms with E-state index < -0.39 is 0 Å². The number of carbonyl (C=O) groups is 1. The summed E-state index contributed by atoms with van der Waals surface area (Å²) in [6.45, 7) is 6.30. The first kappa shape index (κ1) is 12.6. The quantitative estimate of drug-likeness (QED) is 0.726. The van der Waals surface area contributed by atoms with Crippen LogP contribution in [0, 0.1) is 6.92 Å². The van der Waals surface area contributed by atoms with Gasteiger partial charge >= 0.3 is 0 Å². The summed E-state index contributed by atoms with van der Waals surface area (Å²) < 4.78 is 0. The molecule has 2 aromatic rings. The van der Waals surface area contributed by atoms with Gasteiger partial charge in [-0.2, -0.15) is 0 Å². The van der Waals surface area contributed by atoms with Crippen LogP contribution in [0.15, 0.2) is 48.5 Å². The predicted molar refractivity (Wildman–Crippen MR) is 75.1 cm³/mol. The van der Waals surface area contributed by atoms with Gasteiger partial charge in [-0.05, 0) is 24.5 Å². The molecule has 0 fully saturated rings. The van der Waals surface area contributed by atoms with E-state index in [1.165, 1.54) is 5.56 Å². The summed E-state index contributed by atoms with van der Waals surface area (Å²) in [6.07, 6.45) is 0. The van der Waals surface area contributed by atoms with Crippen molar-refractivity contribution in [2.75, 3.05) is 0 Å². The van der Waals surface area contributed by atoms with Crippen molar-refractivity contribution in [1.82, 2.24) is 0 Å². The zero-order valence-corrected chi connectivity index (χ0v) is 11.1. The third-order valence-corrected chi connectivity index (χ3v) is 3.12. The van der Waals surface area contributed by atoms with Crippen LogP contribution in [-0.4, -0.2) is 5.78 Å². The van der Waals surface area contributed by atoms with Crippen molar-refractivity contribution in [1.29, 1.82) is 0 Å². The Labute approximate surface area is 108 Å². The molecule has 0 aliphatic rings. The van der Waals surface area contributed by atoms with Gasteiger partial charge in [-0.25, -0.2) is 0 Å². The largest absolute Gasteiger partial charge is 0.289 e. The Morgan fingerprint density at radius 3 is 2.17 bits per heavy atom. The lowest BCUT2D eigenvalue weighted by Crippen LogP contribution is -2.01. The summed E-state index contributed by atoms with van der Waals surface area (Å²) in [7, 11) is 0. The topological polar surface area (TPSA) is 17.1 Å². The number of aryl methyl sites for hydroxylation is 1. The zero-order chi connectivity index (χ0) is 13.1. The SMILES string of the molecule is Cc1cccc(C(=O)c2ccc(C(C)C)cc2)c1. The summed E-state index contributed by atoms with van der Waals surface area (Å²) in [5.41, 5.74) is 3.88. The fraction of sp³-hybridized carbons (Fsp3) is 0.235. The van der Waals surface area contributed by atoms with Gasteiger partial charge in [0.15, 0.2) is 5.78 Å². The van der Waals surface area contributed by atoms with Crippen LogP contribution in [0.5, 0.6) is 0 Å². The highest BCUT2D eigenvalue weighted by Crippen LogP contribution is 2.17. The average Bonchev–Trinajstić information content (AvgIpc) is 2.38. The predicted octanol–water partition coefficient (Wildman–Crippen LogP) is 4.35. The molecule has 0 spiro atoms. The Bertz CT molecular complexity index is 550. The molecule has 0 amide bonds. The van der Waals surface area contributed by atoms with Crippen molar-refractivity contribution in [3.05, 3.63) is 70.8 Å². The molecular weight excluding hydrogens is 220 g/mol. The molecule has 0 N–H and O–H groups in total. The number of hydrogen-bond acceptors (Lipinski definition) is 1. The van der Waals surface area contributed by atoms with Crippen LogP contribution in [0.4, 0.5) is 0 Å². The van der Waals surface area contributed by atoms with Crippen molar-refractivity contribution in [2.24, 2.45) is 0 Å². The summed E-state index contributed by atoms with van der Waals surface area (Å²) >= 11 is 0. The Morgan fingerprint density at radius 2 is 1.61 bits per heavy atom. The Kier molecular flexibility index (Phi) is 3.61. The van der Waals surface area contributed by atoms with Gasteiger partial charge in [0, 0.05) is 11.1 Å². The van der Waals surface area contributed by atoms with Gasteiger partial charge < -0.3 is 0 Å². The maximum Gasteiger partial charge on any atom is 0.193 e. The van der Waals surface area contributed by atoms with Crippen LogP contribution in [0.3, 0.4) is 0 Å². The molecule has 0 heterocycles. The van der Waals surface area contributed by atoms with Gasteiger partial charge in [0.05, 0.1) is 0 Å². The molecule has 0 bridgehead atoms. The van der Waals surface area contributed by atoms with Crippen molar-refractivity contribution in [3.63, 3.8) is 0 Å². The highest BCUT2D eigenvalue weighted by molar-refractivity contribution is 6.09. The zero-order valence-electron chi connectivity index (χ0n) is 11.1. The highest BCUT2D eigenvalue weighted by Gasteiger charge is 2.09. The molecule has 0 unspecified atom stereocenters. The van der Waals surface area contributed by atoms with Crippen molar-refractivity contribution >= 4 is 5.78 Å². The Morgan fingerprint density at radius 1 is 0.944 bits per heavy atom. The van der Waals surface area contributed by atoms with E-state index in [0.717, 1.165) is 16.7 Å². The summed E-state index contributed by atoms with van der Waals surface area (Å²) in [4.78, 5) is 12.3. The summed E-state index contributed by atoms with van der Waals surface area (Å²) in [6, 6.07) is 15.6. The summed E-state index contributed by atoms with van der Waals surface area (Å²) in [5, 5.41) is 0. The minimum Gasteiger partial charge on any atom is -0.289 e. The second-order valence-corrected chi connectivity index (χ2v) is 4.98. The van der Waals surface area contributed by atoms with Crippen LogP contribution in [0.25, 0.3) is 0 Å². The first-order valence-corrected chi connectivity index (χ1v) is 6.29. The molecule has 1 heteroatoms. The monoisotopic (exact) mass is 238 g/mol. The van der Waals surface area contributed by atoms with Gasteiger partial charge in [-0.3, -0.25) is 4.79 Å².